The van der Waals surface area contributed by atoms with Crippen LogP contribution in [0.3, 0.4) is 0 Å². The second kappa shape index (κ2) is 5.71. The Labute approximate surface area is 129 Å². The number of benzene rings is 2. The maximum absolute atomic E-state index is 13.7. The minimum Gasteiger partial charge on any atom is -0.398 e. The molecule has 0 aliphatic heterocycles. The fourth-order valence-electron chi connectivity index (χ4n) is 1.77. The van der Waals surface area contributed by atoms with Crippen LogP contribution >= 0.6 is 27.5 Å². The normalized spacial score (nSPS) is 11.6. The summed E-state index contributed by atoms with van der Waals surface area (Å²) >= 11 is 9.00. The first-order valence-electron chi connectivity index (χ1n) is 5.52. The van der Waals surface area contributed by atoms with Crippen LogP contribution in [0.4, 0.5) is 10.1 Å². The van der Waals surface area contributed by atoms with Crippen LogP contribution in [-0.4, -0.2) is 8.42 Å². The number of halogens is 3. The van der Waals surface area contributed by atoms with Crippen molar-refractivity contribution in [2.24, 2.45) is 0 Å². The molecule has 0 saturated heterocycles. The molecule has 0 aliphatic carbocycles. The summed E-state index contributed by atoms with van der Waals surface area (Å²) in [7, 11) is -3.82. The fourth-order valence-corrected chi connectivity index (χ4v) is 4.22. The highest BCUT2D eigenvalue weighted by molar-refractivity contribution is 9.10. The minimum absolute atomic E-state index is 0.0301. The Hall–Kier alpha value is -1.11. The molecule has 0 amide bonds. The molecule has 106 valence electrons. The second-order valence-corrected chi connectivity index (χ2v) is 7.40. The molecule has 0 unspecified atom stereocenters. The van der Waals surface area contributed by atoms with Gasteiger partial charge in [-0.3, -0.25) is 0 Å². The summed E-state index contributed by atoms with van der Waals surface area (Å²) in [6.45, 7) is 0. The van der Waals surface area contributed by atoms with Crippen molar-refractivity contribution in [3.05, 3.63) is 57.3 Å². The van der Waals surface area contributed by atoms with E-state index in [1.54, 1.807) is 12.1 Å². The van der Waals surface area contributed by atoms with E-state index in [1.165, 1.54) is 24.3 Å². The van der Waals surface area contributed by atoms with Crippen LogP contribution < -0.4 is 5.73 Å². The number of rotatable bonds is 3. The molecule has 0 saturated carbocycles. The minimum atomic E-state index is -3.82. The van der Waals surface area contributed by atoms with Crippen molar-refractivity contribution in [1.82, 2.24) is 0 Å². The summed E-state index contributed by atoms with van der Waals surface area (Å²) in [6.07, 6.45) is 0. The molecule has 2 N–H and O–H groups in total. The highest BCUT2D eigenvalue weighted by atomic mass is 79.9. The van der Waals surface area contributed by atoms with Crippen LogP contribution in [0.15, 0.2) is 45.8 Å². The van der Waals surface area contributed by atoms with Gasteiger partial charge in [0.1, 0.15) is 10.7 Å². The van der Waals surface area contributed by atoms with Gasteiger partial charge in [-0.2, -0.15) is 0 Å². The summed E-state index contributed by atoms with van der Waals surface area (Å²) in [5.41, 5.74) is 5.77. The van der Waals surface area contributed by atoms with E-state index in [9.17, 15) is 12.8 Å². The van der Waals surface area contributed by atoms with E-state index in [0.717, 1.165) is 0 Å². The topological polar surface area (TPSA) is 60.2 Å². The highest BCUT2D eigenvalue weighted by Crippen LogP contribution is 2.30. The van der Waals surface area contributed by atoms with Crippen molar-refractivity contribution in [2.45, 2.75) is 10.6 Å². The maximum Gasteiger partial charge on any atom is 0.186 e. The molecule has 20 heavy (non-hydrogen) atoms. The summed E-state index contributed by atoms with van der Waals surface area (Å²) in [6, 6.07) is 8.62. The Balaban J connectivity index is 2.46. The van der Waals surface area contributed by atoms with Crippen LogP contribution in [0.25, 0.3) is 0 Å². The van der Waals surface area contributed by atoms with Gasteiger partial charge in [-0.25, -0.2) is 12.8 Å². The standard InChI is InChI=1S/C13H10BrClFNO2S/c14-9-5-4-8(11(16)6-9)7-20(18,19)13-10(15)2-1-3-12(13)17/h1-6H,7,17H2. The predicted molar refractivity (Wildman–Crippen MR) is 80.9 cm³/mol. The zero-order valence-corrected chi connectivity index (χ0v) is 13.3. The average molecular weight is 379 g/mol. The zero-order valence-electron chi connectivity index (χ0n) is 10.1. The van der Waals surface area contributed by atoms with Crippen LogP contribution in [0.5, 0.6) is 0 Å². The molecule has 2 aromatic carbocycles. The van der Waals surface area contributed by atoms with Gasteiger partial charge in [0.2, 0.25) is 0 Å². The molecule has 0 bridgehead atoms. The number of anilines is 1. The molecule has 0 heterocycles. The number of hydrogen-bond acceptors (Lipinski definition) is 3. The smallest absolute Gasteiger partial charge is 0.186 e. The van der Waals surface area contributed by atoms with E-state index in [-0.39, 0.29) is 21.2 Å². The van der Waals surface area contributed by atoms with Crippen molar-refractivity contribution in [3.8, 4) is 0 Å². The highest BCUT2D eigenvalue weighted by Gasteiger charge is 2.23. The van der Waals surface area contributed by atoms with Crippen LogP contribution in [0.2, 0.25) is 5.02 Å². The van der Waals surface area contributed by atoms with Gasteiger partial charge in [-0.1, -0.05) is 39.7 Å². The van der Waals surface area contributed by atoms with E-state index >= 15 is 0 Å². The van der Waals surface area contributed by atoms with E-state index in [4.69, 9.17) is 17.3 Å². The van der Waals surface area contributed by atoms with Crippen LogP contribution in [-0.2, 0) is 15.6 Å². The molecule has 7 heteroatoms. The fraction of sp³-hybridized carbons (Fsp3) is 0.0769. The van der Waals surface area contributed by atoms with Crippen molar-refractivity contribution in [2.75, 3.05) is 5.73 Å². The third-order valence-electron chi connectivity index (χ3n) is 2.67. The predicted octanol–water partition coefficient (Wildman–Crippen LogP) is 3.80. The van der Waals surface area contributed by atoms with Gasteiger partial charge in [0.25, 0.3) is 0 Å². The Kier molecular flexibility index (Phi) is 4.36. The van der Waals surface area contributed by atoms with Crippen LogP contribution in [0.1, 0.15) is 5.56 Å². The van der Waals surface area contributed by atoms with Gasteiger partial charge in [0, 0.05) is 10.0 Å². The number of hydrogen-bond donors (Lipinski definition) is 1. The largest absolute Gasteiger partial charge is 0.398 e. The SMILES string of the molecule is Nc1cccc(Cl)c1S(=O)(=O)Cc1ccc(Br)cc1F. The quantitative estimate of drug-likeness (QED) is 0.827. The van der Waals surface area contributed by atoms with Crippen LogP contribution in [0, 0.1) is 5.82 Å². The number of sulfone groups is 1. The summed E-state index contributed by atoms with van der Waals surface area (Å²) in [5.74, 6) is -1.10. The summed E-state index contributed by atoms with van der Waals surface area (Å²) < 4.78 is 38.9. The molecule has 0 aliphatic rings. The third kappa shape index (κ3) is 3.13. The van der Waals surface area contributed by atoms with Gasteiger partial charge < -0.3 is 5.73 Å². The summed E-state index contributed by atoms with van der Waals surface area (Å²) in [5, 5.41) is 0.0301. The first-order valence-corrected chi connectivity index (χ1v) is 8.34. The number of nitrogens with two attached hydrogens (primary N) is 1. The molecule has 0 atom stereocenters. The van der Waals surface area contributed by atoms with Gasteiger partial charge in [0.15, 0.2) is 9.84 Å². The maximum atomic E-state index is 13.7. The van der Waals surface area contributed by atoms with E-state index in [0.29, 0.717) is 4.47 Å². The molecule has 0 radical (unpaired) electrons. The molecule has 0 fully saturated rings. The summed E-state index contributed by atoms with van der Waals surface area (Å²) in [4.78, 5) is -0.163. The Morgan fingerprint density at radius 3 is 2.55 bits per heavy atom. The van der Waals surface area contributed by atoms with Crippen molar-refractivity contribution < 1.29 is 12.8 Å². The lowest BCUT2D eigenvalue weighted by molar-refractivity contribution is 0.587. The Bertz CT molecular complexity index is 745. The molecular weight excluding hydrogens is 369 g/mol. The van der Waals surface area contributed by atoms with Crippen molar-refractivity contribution >= 4 is 43.1 Å². The lowest BCUT2D eigenvalue weighted by atomic mass is 10.2. The molecule has 0 aromatic heterocycles. The first-order chi connectivity index (χ1) is 9.31. The van der Waals surface area contributed by atoms with Gasteiger partial charge >= 0.3 is 0 Å². The molecule has 2 rings (SSSR count). The Morgan fingerprint density at radius 2 is 1.95 bits per heavy atom. The third-order valence-corrected chi connectivity index (χ3v) is 5.36. The monoisotopic (exact) mass is 377 g/mol. The average Bonchev–Trinajstić information content (AvgIpc) is 2.32. The van der Waals surface area contributed by atoms with Gasteiger partial charge in [-0.15, -0.1) is 0 Å². The van der Waals surface area contributed by atoms with E-state index in [2.05, 4.69) is 15.9 Å². The lowest BCUT2D eigenvalue weighted by Gasteiger charge is -2.10. The Morgan fingerprint density at radius 1 is 1.25 bits per heavy atom. The molecule has 0 spiro atoms. The van der Waals surface area contributed by atoms with Gasteiger partial charge in [-0.05, 0) is 24.3 Å². The number of nitrogen functional groups attached to an aromatic ring is 1. The van der Waals surface area contributed by atoms with Crippen molar-refractivity contribution in [3.63, 3.8) is 0 Å². The first kappa shape index (κ1) is 15.3. The second-order valence-electron chi connectivity index (χ2n) is 4.15. The van der Waals surface area contributed by atoms with Gasteiger partial charge in [0.05, 0.1) is 16.5 Å². The molecular formula is C13H10BrClFNO2S. The van der Waals surface area contributed by atoms with E-state index < -0.39 is 21.4 Å². The molecule has 3 nitrogen and oxygen atoms in total. The molecule has 2 aromatic rings. The lowest BCUT2D eigenvalue weighted by Crippen LogP contribution is -2.09. The van der Waals surface area contributed by atoms with E-state index in [1.807, 2.05) is 0 Å². The van der Waals surface area contributed by atoms with Crippen molar-refractivity contribution in [1.29, 1.82) is 0 Å². The zero-order chi connectivity index (χ0) is 14.9.